The third-order valence-electron chi connectivity index (χ3n) is 4.60. The molecule has 120 valence electrons. The quantitative estimate of drug-likeness (QED) is 0.762. The maximum atomic E-state index is 6.34. The first kappa shape index (κ1) is 15.7. The Morgan fingerprint density at radius 1 is 1.23 bits per heavy atom. The summed E-state index contributed by atoms with van der Waals surface area (Å²) in [5, 5.41) is 0. The van der Waals surface area contributed by atoms with Crippen molar-refractivity contribution in [2.45, 2.75) is 63.1 Å². The lowest BCUT2D eigenvalue weighted by molar-refractivity contribution is -0.342. The Morgan fingerprint density at radius 3 is 2.82 bits per heavy atom. The van der Waals surface area contributed by atoms with Crippen molar-refractivity contribution >= 4 is 0 Å². The molecule has 0 aliphatic carbocycles. The molecule has 0 amide bonds. The number of benzene rings is 1. The minimum atomic E-state index is -0.543. The first-order chi connectivity index (χ1) is 10.8. The molecule has 1 aromatic rings. The minimum absolute atomic E-state index is 0.0223. The normalized spacial score (nSPS) is 32.0. The Morgan fingerprint density at radius 2 is 2.09 bits per heavy atom. The van der Waals surface area contributed by atoms with Gasteiger partial charge in [0.25, 0.3) is 0 Å². The number of ether oxygens (including phenoxy) is 3. The highest BCUT2D eigenvalue weighted by molar-refractivity contribution is 5.13. The van der Waals surface area contributed by atoms with Crippen molar-refractivity contribution in [1.82, 2.24) is 0 Å². The average molecular weight is 302 g/mol. The summed E-state index contributed by atoms with van der Waals surface area (Å²) in [4.78, 5) is 0. The van der Waals surface area contributed by atoms with Crippen molar-refractivity contribution < 1.29 is 14.2 Å². The average Bonchev–Trinajstić information content (AvgIpc) is 2.56. The molecular formula is C19H26O3. The Bertz CT molecular complexity index is 465. The van der Waals surface area contributed by atoms with Gasteiger partial charge in [-0.25, -0.2) is 0 Å². The molecule has 3 atom stereocenters. The van der Waals surface area contributed by atoms with Crippen molar-refractivity contribution in [2.75, 3.05) is 6.61 Å². The van der Waals surface area contributed by atoms with Crippen LogP contribution in [-0.4, -0.2) is 24.6 Å². The van der Waals surface area contributed by atoms with E-state index >= 15 is 0 Å². The van der Waals surface area contributed by atoms with E-state index in [1.165, 1.54) is 5.56 Å². The van der Waals surface area contributed by atoms with Crippen molar-refractivity contribution in [3.63, 3.8) is 0 Å². The highest BCUT2D eigenvalue weighted by Gasteiger charge is 2.47. The summed E-state index contributed by atoms with van der Waals surface area (Å²) in [6.45, 7) is 5.22. The van der Waals surface area contributed by atoms with Gasteiger partial charge in [0, 0.05) is 6.42 Å². The fourth-order valence-electron chi connectivity index (χ4n) is 3.44. The van der Waals surface area contributed by atoms with Gasteiger partial charge in [0.2, 0.25) is 0 Å². The van der Waals surface area contributed by atoms with E-state index < -0.39 is 5.79 Å². The summed E-state index contributed by atoms with van der Waals surface area (Å²) in [5.41, 5.74) is 1.20. The summed E-state index contributed by atoms with van der Waals surface area (Å²) >= 11 is 0. The van der Waals surface area contributed by atoms with Crippen molar-refractivity contribution in [2.24, 2.45) is 0 Å². The highest BCUT2D eigenvalue weighted by atomic mass is 16.7. The number of hydrogen-bond donors (Lipinski definition) is 0. The van der Waals surface area contributed by atoms with Gasteiger partial charge in [-0.05, 0) is 37.7 Å². The molecule has 3 nitrogen and oxygen atoms in total. The van der Waals surface area contributed by atoms with Gasteiger partial charge in [0.1, 0.15) is 6.10 Å². The van der Waals surface area contributed by atoms with E-state index in [-0.39, 0.29) is 12.2 Å². The van der Waals surface area contributed by atoms with Crippen LogP contribution in [-0.2, 0) is 20.8 Å². The van der Waals surface area contributed by atoms with Crippen LogP contribution in [0.1, 0.15) is 44.1 Å². The molecule has 0 unspecified atom stereocenters. The van der Waals surface area contributed by atoms with Gasteiger partial charge in [0.15, 0.2) is 5.79 Å². The molecule has 3 heteroatoms. The van der Waals surface area contributed by atoms with Crippen LogP contribution >= 0.6 is 0 Å². The smallest absolute Gasteiger partial charge is 0.194 e. The molecular weight excluding hydrogens is 276 g/mol. The Hall–Kier alpha value is -1.16. The molecule has 2 aliphatic heterocycles. The van der Waals surface area contributed by atoms with Gasteiger partial charge in [-0.1, -0.05) is 36.4 Å². The van der Waals surface area contributed by atoms with Crippen molar-refractivity contribution in [3.8, 4) is 0 Å². The second-order valence-electron chi connectivity index (χ2n) is 6.24. The van der Waals surface area contributed by atoms with E-state index in [0.717, 1.165) is 45.1 Å². The monoisotopic (exact) mass is 302 g/mol. The second kappa shape index (κ2) is 7.40. The first-order valence-corrected chi connectivity index (χ1v) is 8.40. The number of hydrogen-bond acceptors (Lipinski definition) is 3. The first-order valence-electron chi connectivity index (χ1n) is 8.40. The molecule has 2 saturated heterocycles. The fraction of sp³-hybridized carbons (Fsp3) is 0.579. The van der Waals surface area contributed by atoms with E-state index in [1.54, 1.807) is 0 Å². The minimum Gasteiger partial charge on any atom is -0.368 e. The van der Waals surface area contributed by atoms with Gasteiger partial charge >= 0.3 is 0 Å². The Labute approximate surface area is 133 Å². The SMILES string of the molecule is C=CC[C@H]1CC[C@H](OCc2ccccc2)[C@]2(CCCCO2)O1. The molecule has 3 rings (SSSR count). The van der Waals surface area contributed by atoms with Gasteiger partial charge in [0.05, 0.1) is 19.3 Å². The van der Waals surface area contributed by atoms with Crippen LogP contribution in [0.15, 0.2) is 43.0 Å². The third-order valence-corrected chi connectivity index (χ3v) is 4.60. The molecule has 2 heterocycles. The standard InChI is InChI=1S/C19H26O3/c1-2-8-17-11-12-18(19(22-17)13-6-7-14-21-19)20-15-16-9-4-3-5-10-16/h2-5,9-10,17-18H,1,6-8,11-15H2/t17-,18-,19-/m0/s1. The molecule has 0 radical (unpaired) electrons. The van der Waals surface area contributed by atoms with E-state index in [9.17, 15) is 0 Å². The Kier molecular flexibility index (Phi) is 5.29. The van der Waals surface area contributed by atoms with E-state index in [1.807, 2.05) is 24.3 Å². The molecule has 0 bridgehead atoms. The summed E-state index contributed by atoms with van der Waals surface area (Å²) in [6.07, 6.45) is 8.25. The molecule has 22 heavy (non-hydrogen) atoms. The summed E-state index contributed by atoms with van der Waals surface area (Å²) in [5.74, 6) is -0.543. The zero-order chi connectivity index (χ0) is 15.3. The maximum absolute atomic E-state index is 6.34. The van der Waals surface area contributed by atoms with Crippen LogP contribution in [0.3, 0.4) is 0 Å². The van der Waals surface area contributed by atoms with Crippen LogP contribution in [0.25, 0.3) is 0 Å². The summed E-state index contributed by atoms with van der Waals surface area (Å²) in [6, 6.07) is 10.3. The Balaban J connectivity index is 1.66. The predicted octanol–water partition coefficient (Wildman–Crippen LogP) is 4.22. The topological polar surface area (TPSA) is 27.7 Å². The van der Waals surface area contributed by atoms with Crippen LogP contribution < -0.4 is 0 Å². The van der Waals surface area contributed by atoms with Crippen LogP contribution in [0.4, 0.5) is 0 Å². The molecule has 1 spiro atoms. The van der Waals surface area contributed by atoms with E-state index in [2.05, 4.69) is 18.7 Å². The number of rotatable bonds is 5. The van der Waals surface area contributed by atoms with Gasteiger partial charge in [-0.3, -0.25) is 0 Å². The van der Waals surface area contributed by atoms with Gasteiger partial charge in [-0.2, -0.15) is 0 Å². The molecule has 0 N–H and O–H groups in total. The molecule has 1 aromatic carbocycles. The molecule has 0 saturated carbocycles. The lowest BCUT2D eigenvalue weighted by Crippen LogP contribution is -2.55. The summed E-state index contributed by atoms with van der Waals surface area (Å²) < 4.78 is 18.7. The van der Waals surface area contributed by atoms with Crippen LogP contribution in [0.5, 0.6) is 0 Å². The van der Waals surface area contributed by atoms with Gasteiger partial charge < -0.3 is 14.2 Å². The largest absolute Gasteiger partial charge is 0.368 e. The van der Waals surface area contributed by atoms with Crippen LogP contribution in [0.2, 0.25) is 0 Å². The molecule has 0 aromatic heterocycles. The lowest BCUT2D eigenvalue weighted by atomic mass is 9.91. The molecule has 2 fully saturated rings. The lowest BCUT2D eigenvalue weighted by Gasteiger charge is -2.48. The van der Waals surface area contributed by atoms with Crippen LogP contribution in [0, 0.1) is 0 Å². The molecule has 2 aliphatic rings. The highest BCUT2D eigenvalue weighted by Crippen LogP contribution is 2.40. The van der Waals surface area contributed by atoms with E-state index in [0.29, 0.717) is 6.61 Å². The maximum Gasteiger partial charge on any atom is 0.194 e. The summed E-state index contributed by atoms with van der Waals surface area (Å²) in [7, 11) is 0. The predicted molar refractivity (Wildman–Crippen MR) is 86.5 cm³/mol. The van der Waals surface area contributed by atoms with E-state index in [4.69, 9.17) is 14.2 Å². The van der Waals surface area contributed by atoms with Crippen molar-refractivity contribution in [1.29, 1.82) is 0 Å². The zero-order valence-corrected chi connectivity index (χ0v) is 13.2. The van der Waals surface area contributed by atoms with Crippen molar-refractivity contribution in [3.05, 3.63) is 48.6 Å². The zero-order valence-electron chi connectivity index (χ0n) is 13.2. The third kappa shape index (κ3) is 3.60. The second-order valence-corrected chi connectivity index (χ2v) is 6.24. The van der Waals surface area contributed by atoms with Gasteiger partial charge in [-0.15, -0.1) is 6.58 Å². The fourth-order valence-corrected chi connectivity index (χ4v) is 3.44.